The molecule has 0 bridgehead atoms. The maximum absolute atomic E-state index is 13.5. The number of carbonyl (C=O) groups is 1. The van der Waals surface area contributed by atoms with Crippen LogP contribution in [0.25, 0.3) is 10.9 Å². The van der Waals surface area contributed by atoms with Crippen LogP contribution in [0.1, 0.15) is 30.4 Å². The zero-order chi connectivity index (χ0) is 19.1. The van der Waals surface area contributed by atoms with Gasteiger partial charge in [0.1, 0.15) is 5.82 Å². The Morgan fingerprint density at radius 2 is 1.74 bits per heavy atom. The van der Waals surface area contributed by atoms with E-state index in [0.29, 0.717) is 30.5 Å². The Kier molecular flexibility index (Phi) is 6.36. The zero-order valence-electron chi connectivity index (χ0n) is 15.1. The highest BCUT2D eigenvalue weighted by atomic mass is 19.1. The summed E-state index contributed by atoms with van der Waals surface area (Å²) in [6.45, 7) is 0.557. The van der Waals surface area contributed by atoms with Crippen LogP contribution in [0.2, 0.25) is 0 Å². The number of aromatic amines is 1. The van der Waals surface area contributed by atoms with Crippen LogP contribution >= 0.6 is 0 Å². The summed E-state index contributed by atoms with van der Waals surface area (Å²) >= 11 is 0. The number of aryl methyl sites for hydroxylation is 2. The summed E-state index contributed by atoms with van der Waals surface area (Å²) in [6.07, 6.45) is 2.94. The standard InChI is InChI=1S/C22H23FN2O2/c23-19-10-3-1-7-16(19)8-5-6-14-24-21(26)13-12-18-15-17-9-2-4-11-20(17)25-22(18)27/h1-4,7,9-11,15H,5-6,8,12-14H2,(H,24,26)(H,25,27). The average molecular weight is 366 g/mol. The lowest BCUT2D eigenvalue weighted by atomic mass is 10.1. The first-order chi connectivity index (χ1) is 13.1. The fourth-order valence-electron chi connectivity index (χ4n) is 3.08. The van der Waals surface area contributed by atoms with E-state index in [2.05, 4.69) is 10.3 Å². The number of pyridine rings is 1. The van der Waals surface area contributed by atoms with Gasteiger partial charge in [-0.2, -0.15) is 0 Å². The lowest BCUT2D eigenvalue weighted by Gasteiger charge is -2.06. The molecule has 0 saturated carbocycles. The van der Waals surface area contributed by atoms with Crippen molar-refractivity contribution in [2.45, 2.75) is 32.1 Å². The number of fused-ring (bicyclic) bond motifs is 1. The van der Waals surface area contributed by atoms with Crippen LogP contribution in [-0.2, 0) is 17.6 Å². The van der Waals surface area contributed by atoms with Gasteiger partial charge in [-0.3, -0.25) is 9.59 Å². The van der Waals surface area contributed by atoms with Crippen molar-refractivity contribution >= 4 is 16.8 Å². The monoisotopic (exact) mass is 366 g/mol. The third-order valence-corrected chi connectivity index (χ3v) is 4.60. The van der Waals surface area contributed by atoms with Crippen LogP contribution in [-0.4, -0.2) is 17.4 Å². The van der Waals surface area contributed by atoms with Gasteiger partial charge in [0.2, 0.25) is 5.91 Å². The van der Waals surface area contributed by atoms with Crippen molar-refractivity contribution in [3.05, 3.63) is 81.9 Å². The van der Waals surface area contributed by atoms with Gasteiger partial charge < -0.3 is 10.3 Å². The number of benzene rings is 2. The molecule has 1 heterocycles. The SMILES string of the molecule is O=C(CCc1cc2ccccc2[nH]c1=O)NCCCCc1ccccc1F. The molecule has 4 nitrogen and oxygen atoms in total. The molecule has 0 fully saturated rings. The molecular formula is C22H23FN2O2. The van der Waals surface area contributed by atoms with Crippen molar-refractivity contribution in [3.8, 4) is 0 Å². The summed E-state index contributed by atoms with van der Waals surface area (Å²) in [5, 5.41) is 3.82. The lowest BCUT2D eigenvalue weighted by Crippen LogP contribution is -2.25. The normalized spacial score (nSPS) is 10.9. The molecule has 0 unspecified atom stereocenters. The van der Waals surface area contributed by atoms with Crippen LogP contribution in [0.3, 0.4) is 0 Å². The van der Waals surface area contributed by atoms with Crippen molar-refractivity contribution < 1.29 is 9.18 Å². The number of unbranched alkanes of at least 4 members (excludes halogenated alkanes) is 1. The second-order valence-electron chi connectivity index (χ2n) is 6.61. The topological polar surface area (TPSA) is 62.0 Å². The number of aromatic nitrogens is 1. The van der Waals surface area contributed by atoms with E-state index in [4.69, 9.17) is 0 Å². The minimum absolute atomic E-state index is 0.0755. The summed E-state index contributed by atoms with van der Waals surface area (Å²) in [7, 11) is 0. The minimum Gasteiger partial charge on any atom is -0.356 e. The first-order valence-electron chi connectivity index (χ1n) is 9.24. The van der Waals surface area contributed by atoms with Gasteiger partial charge in [0.15, 0.2) is 0 Å². The van der Waals surface area contributed by atoms with Gasteiger partial charge in [-0.15, -0.1) is 0 Å². The van der Waals surface area contributed by atoms with Crippen molar-refractivity contribution in [1.29, 1.82) is 0 Å². The van der Waals surface area contributed by atoms with E-state index < -0.39 is 0 Å². The Balaban J connectivity index is 1.40. The molecule has 3 aromatic rings. The molecule has 0 atom stereocenters. The molecule has 0 saturated heterocycles. The highest BCUT2D eigenvalue weighted by Crippen LogP contribution is 2.11. The van der Waals surface area contributed by atoms with E-state index in [-0.39, 0.29) is 23.7 Å². The van der Waals surface area contributed by atoms with E-state index in [9.17, 15) is 14.0 Å². The fraction of sp³-hybridized carbons (Fsp3) is 0.273. The molecule has 2 N–H and O–H groups in total. The molecule has 0 spiro atoms. The van der Waals surface area contributed by atoms with Crippen LogP contribution in [0.15, 0.2) is 59.4 Å². The number of carbonyl (C=O) groups excluding carboxylic acids is 1. The lowest BCUT2D eigenvalue weighted by molar-refractivity contribution is -0.121. The van der Waals surface area contributed by atoms with Crippen molar-refractivity contribution in [2.24, 2.45) is 0 Å². The third-order valence-electron chi connectivity index (χ3n) is 4.60. The highest BCUT2D eigenvalue weighted by molar-refractivity contribution is 5.79. The summed E-state index contributed by atoms with van der Waals surface area (Å²) in [5.74, 6) is -0.254. The molecule has 3 rings (SSSR count). The van der Waals surface area contributed by atoms with E-state index in [0.717, 1.165) is 23.7 Å². The Hall–Kier alpha value is -2.95. The van der Waals surface area contributed by atoms with Gasteiger partial charge in [-0.25, -0.2) is 4.39 Å². The Morgan fingerprint density at radius 3 is 2.59 bits per heavy atom. The molecule has 27 heavy (non-hydrogen) atoms. The molecule has 1 aromatic heterocycles. The largest absolute Gasteiger partial charge is 0.356 e. The van der Waals surface area contributed by atoms with Crippen LogP contribution in [0.5, 0.6) is 0 Å². The Labute approximate surface area is 157 Å². The third kappa shape index (κ3) is 5.26. The van der Waals surface area contributed by atoms with E-state index in [1.807, 2.05) is 36.4 Å². The van der Waals surface area contributed by atoms with E-state index >= 15 is 0 Å². The summed E-state index contributed by atoms with van der Waals surface area (Å²) in [4.78, 5) is 26.9. The number of H-pyrrole nitrogens is 1. The number of amides is 1. The van der Waals surface area contributed by atoms with Gasteiger partial charge in [-0.1, -0.05) is 36.4 Å². The molecule has 140 valence electrons. The van der Waals surface area contributed by atoms with Gasteiger partial charge in [0.25, 0.3) is 5.56 Å². The molecule has 1 amide bonds. The van der Waals surface area contributed by atoms with Crippen LogP contribution in [0.4, 0.5) is 4.39 Å². The summed E-state index contributed by atoms with van der Waals surface area (Å²) < 4.78 is 13.5. The number of rotatable bonds is 8. The predicted molar refractivity (Wildman–Crippen MR) is 105 cm³/mol. The van der Waals surface area contributed by atoms with E-state index in [1.165, 1.54) is 6.07 Å². The summed E-state index contributed by atoms with van der Waals surface area (Å²) in [6, 6.07) is 16.2. The zero-order valence-corrected chi connectivity index (χ0v) is 15.1. The summed E-state index contributed by atoms with van der Waals surface area (Å²) in [5.41, 5.74) is 1.97. The molecule has 0 aliphatic heterocycles. The van der Waals surface area contributed by atoms with Gasteiger partial charge >= 0.3 is 0 Å². The predicted octanol–water partition coefficient (Wildman–Crippen LogP) is 3.74. The number of halogens is 1. The molecule has 0 aliphatic carbocycles. The smallest absolute Gasteiger partial charge is 0.251 e. The Morgan fingerprint density at radius 1 is 0.963 bits per heavy atom. The number of para-hydroxylation sites is 1. The van der Waals surface area contributed by atoms with Gasteiger partial charge in [0, 0.05) is 24.0 Å². The molecule has 0 radical (unpaired) electrons. The quantitative estimate of drug-likeness (QED) is 0.597. The second kappa shape index (κ2) is 9.12. The van der Waals surface area contributed by atoms with Gasteiger partial charge in [0.05, 0.1) is 0 Å². The first kappa shape index (κ1) is 18.8. The molecule has 2 aromatic carbocycles. The van der Waals surface area contributed by atoms with Crippen molar-refractivity contribution in [2.75, 3.05) is 6.54 Å². The first-order valence-corrected chi connectivity index (χ1v) is 9.24. The maximum Gasteiger partial charge on any atom is 0.251 e. The van der Waals surface area contributed by atoms with E-state index in [1.54, 1.807) is 12.1 Å². The average Bonchev–Trinajstić information content (AvgIpc) is 2.67. The highest BCUT2D eigenvalue weighted by Gasteiger charge is 2.07. The number of hydrogen-bond acceptors (Lipinski definition) is 2. The minimum atomic E-state index is -0.179. The van der Waals surface area contributed by atoms with Crippen molar-refractivity contribution in [3.63, 3.8) is 0 Å². The number of nitrogens with one attached hydrogen (secondary N) is 2. The molecule has 5 heteroatoms. The number of hydrogen-bond donors (Lipinski definition) is 2. The second-order valence-corrected chi connectivity index (χ2v) is 6.61. The molecule has 0 aliphatic rings. The van der Waals surface area contributed by atoms with Crippen LogP contribution < -0.4 is 10.9 Å². The maximum atomic E-state index is 13.5. The van der Waals surface area contributed by atoms with Gasteiger partial charge in [-0.05, 0) is 54.8 Å². The van der Waals surface area contributed by atoms with Crippen LogP contribution in [0, 0.1) is 5.82 Å². The Bertz CT molecular complexity index is 981. The van der Waals surface area contributed by atoms with Crippen molar-refractivity contribution in [1.82, 2.24) is 10.3 Å². The fourth-order valence-corrected chi connectivity index (χ4v) is 3.08. The molecular weight excluding hydrogens is 343 g/mol.